The zero-order valence-corrected chi connectivity index (χ0v) is 18.1. The first kappa shape index (κ1) is 21.2. The maximum Gasteiger partial charge on any atom is 0.169 e. The average Bonchev–Trinajstić information content (AvgIpc) is 2.84. The van der Waals surface area contributed by atoms with E-state index in [0.717, 1.165) is 50.8 Å². The number of aromatic nitrogens is 1. The molecule has 31 heavy (non-hydrogen) atoms. The normalized spacial score (nSPS) is 14.2. The number of anilines is 1. The molecular formula is C26H30N2O3. The number of nitrogens with zero attached hydrogens (tertiary/aromatic N) is 2. The minimum atomic E-state index is 0.688. The topological polar surface area (TPSA) is 43.8 Å². The molecule has 0 amide bonds. The van der Waals surface area contributed by atoms with Gasteiger partial charge >= 0.3 is 0 Å². The van der Waals surface area contributed by atoms with Gasteiger partial charge in [0.2, 0.25) is 0 Å². The van der Waals surface area contributed by atoms with Crippen molar-refractivity contribution in [1.29, 1.82) is 0 Å². The molecule has 0 bridgehead atoms. The number of pyridine rings is 1. The fourth-order valence-corrected chi connectivity index (χ4v) is 3.96. The zero-order chi connectivity index (χ0) is 21.3. The molecule has 0 N–H and O–H groups in total. The predicted molar refractivity (Wildman–Crippen MR) is 123 cm³/mol. The Morgan fingerprint density at radius 2 is 1.84 bits per heavy atom. The van der Waals surface area contributed by atoms with E-state index in [1.165, 1.54) is 17.7 Å². The Balaban J connectivity index is 1.48. The predicted octanol–water partition coefficient (Wildman–Crippen LogP) is 5.71. The largest absolute Gasteiger partial charge is 0.493 e. The summed E-state index contributed by atoms with van der Waals surface area (Å²) in [6.07, 6.45) is 6.93. The van der Waals surface area contributed by atoms with Gasteiger partial charge in [-0.25, -0.2) is 0 Å². The lowest BCUT2D eigenvalue weighted by molar-refractivity contribution is 0.0644. The van der Waals surface area contributed by atoms with Gasteiger partial charge < -0.3 is 19.1 Å². The SMILES string of the molecule is COc1cc(CN(CCC2CCOCC2)c2ccccc2)ccc1Oc1cccnc1. The lowest BCUT2D eigenvalue weighted by atomic mass is 9.96. The Morgan fingerprint density at radius 3 is 2.58 bits per heavy atom. The Bertz CT molecular complexity index is 928. The van der Waals surface area contributed by atoms with Crippen LogP contribution in [0.4, 0.5) is 5.69 Å². The van der Waals surface area contributed by atoms with E-state index in [1.54, 1.807) is 19.5 Å². The smallest absolute Gasteiger partial charge is 0.169 e. The highest BCUT2D eigenvalue weighted by atomic mass is 16.5. The van der Waals surface area contributed by atoms with E-state index in [4.69, 9.17) is 14.2 Å². The third-order valence-electron chi connectivity index (χ3n) is 5.73. The van der Waals surface area contributed by atoms with Crippen molar-refractivity contribution in [3.05, 3.63) is 78.6 Å². The summed E-state index contributed by atoms with van der Waals surface area (Å²) < 4.78 is 17.1. The maximum atomic E-state index is 5.96. The summed E-state index contributed by atoms with van der Waals surface area (Å²) in [6, 6.07) is 20.5. The number of benzene rings is 2. The van der Waals surface area contributed by atoms with E-state index in [-0.39, 0.29) is 0 Å². The Morgan fingerprint density at radius 1 is 1.00 bits per heavy atom. The van der Waals surface area contributed by atoms with Crippen LogP contribution in [-0.2, 0) is 11.3 Å². The molecule has 5 nitrogen and oxygen atoms in total. The van der Waals surface area contributed by atoms with E-state index in [1.807, 2.05) is 18.2 Å². The van der Waals surface area contributed by atoms with Crippen molar-refractivity contribution in [2.45, 2.75) is 25.8 Å². The second-order valence-corrected chi connectivity index (χ2v) is 7.88. The molecule has 1 saturated heterocycles. The van der Waals surface area contributed by atoms with Crippen LogP contribution < -0.4 is 14.4 Å². The fraction of sp³-hybridized carbons (Fsp3) is 0.346. The molecule has 0 unspecified atom stereocenters. The molecule has 2 heterocycles. The van der Waals surface area contributed by atoms with Gasteiger partial charge in [0.05, 0.1) is 13.3 Å². The van der Waals surface area contributed by atoms with Gasteiger partial charge in [-0.05, 0) is 67.1 Å². The number of rotatable bonds is 9. The molecule has 0 radical (unpaired) electrons. The zero-order valence-electron chi connectivity index (χ0n) is 18.1. The molecular weight excluding hydrogens is 388 g/mol. The second-order valence-electron chi connectivity index (χ2n) is 7.88. The lowest BCUT2D eigenvalue weighted by Gasteiger charge is -2.29. The van der Waals surface area contributed by atoms with E-state index in [0.29, 0.717) is 11.5 Å². The van der Waals surface area contributed by atoms with Crippen LogP contribution in [0.5, 0.6) is 17.2 Å². The summed E-state index contributed by atoms with van der Waals surface area (Å²) in [7, 11) is 1.68. The van der Waals surface area contributed by atoms with E-state index in [2.05, 4.69) is 52.3 Å². The lowest BCUT2D eigenvalue weighted by Crippen LogP contribution is -2.27. The van der Waals surface area contributed by atoms with E-state index >= 15 is 0 Å². The Hall–Kier alpha value is -3.05. The number of hydrogen-bond acceptors (Lipinski definition) is 5. The van der Waals surface area contributed by atoms with Gasteiger partial charge in [0.15, 0.2) is 11.5 Å². The summed E-state index contributed by atoms with van der Waals surface area (Å²) in [5.74, 6) is 2.84. The first-order valence-electron chi connectivity index (χ1n) is 10.9. The van der Waals surface area contributed by atoms with Crippen molar-refractivity contribution < 1.29 is 14.2 Å². The van der Waals surface area contributed by atoms with Crippen LogP contribution in [0.1, 0.15) is 24.8 Å². The van der Waals surface area contributed by atoms with Crippen LogP contribution in [0.3, 0.4) is 0 Å². The van der Waals surface area contributed by atoms with Crippen molar-refractivity contribution in [3.63, 3.8) is 0 Å². The number of hydrogen-bond donors (Lipinski definition) is 0. The van der Waals surface area contributed by atoms with Crippen LogP contribution in [0.2, 0.25) is 0 Å². The summed E-state index contributed by atoms with van der Waals surface area (Å²) in [5.41, 5.74) is 2.43. The molecule has 1 aliphatic heterocycles. The van der Waals surface area contributed by atoms with Gasteiger partial charge in [0.25, 0.3) is 0 Å². The van der Waals surface area contributed by atoms with E-state index < -0.39 is 0 Å². The quantitative estimate of drug-likeness (QED) is 0.446. The van der Waals surface area contributed by atoms with Gasteiger partial charge in [0, 0.05) is 38.2 Å². The highest BCUT2D eigenvalue weighted by Crippen LogP contribution is 2.33. The highest BCUT2D eigenvalue weighted by Gasteiger charge is 2.17. The molecule has 1 aliphatic rings. The second kappa shape index (κ2) is 10.8. The van der Waals surface area contributed by atoms with Crippen molar-refractivity contribution in [3.8, 4) is 17.2 Å². The molecule has 162 valence electrons. The monoisotopic (exact) mass is 418 g/mol. The van der Waals surface area contributed by atoms with Gasteiger partial charge in [-0.2, -0.15) is 0 Å². The number of para-hydroxylation sites is 1. The van der Waals surface area contributed by atoms with Gasteiger partial charge in [0.1, 0.15) is 5.75 Å². The Labute approximate surface area is 184 Å². The molecule has 5 heteroatoms. The third kappa shape index (κ3) is 5.98. The maximum absolute atomic E-state index is 5.96. The summed E-state index contributed by atoms with van der Waals surface area (Å²) in [4.78, 5) is 6.56. The number of ether oxygens (including phenoxy) is 3. The Kier molecular flexibility index (Phi) is 7.40. The number of methoxy groups -OCH3 is 1. The van der Waals surface area contributed by atoms with Crippen molar-refractivity contribution in [2.75, 3.05) is 31.8 Å². The minimum absolute atomic E-state index is 0.688. The van der Waals surface area contributed by atoms with Crippen molar-refractivity contribution in [1.82, 2.24) is 4.98 Å². The van der Waals surface area contributed by atoms with E-state index in [9.17, 15) is 0 Å². The van der Waals surface area contributed by atoms with Crippen LogP contribution in [0.15, 0.2) is 73.1 Å². The van der Waals surface area contributed by atoms with Crippen LogP contribution in [-0.4, -0.2) is 31.9 Å². The van der Waals surface area contributed by atoms with Crippen LogP contribution >= 0.6 is 0 Å². The third-order valence-corrected chi connectivity index (χ3v) is 5.73. The molecule has 3 aromatic rings. The molecule has 0 atom stereocenters. The molecule has 4 rings (SSSR count). The molecule has 2 aromatic carbocycles. The van der Waals surface area contributed by atoms with Crippen molar-refractivity contribution >= 4 is 5.69 Å². The van der Waals surface area contributed by atoms with Crippen molar-refractivity contribution in [2.24, 2.45) is 5.92 Å². The van der Waals surface area contributed by atoms with Gasteiger partial charge in [-0.15, -0.1) is 0 Å². The van der Waals surface area contributed by atoms with Crippen LogP contribution in [0, 0.1) is 5.92 Å². The molecule has 1 aromatic heterocycles. The summed E-state index contributed by atoms with van der Waals surface area (Å²) in [5, 5.41) is 0. The fourth-order valence-electron chi connectivity index (χ4n) is 3.96. The molecule has 1 fully saturated rings. The molecule has 0 aliphatic carbocycles. The summed E-state index contributed by atoms with van der Waals surface area (Å²) >= 11 is 0. The van der Waals surface area contributed by atoms with Crippen LogP contribution in [0.25, 0.3) is 0 Å². The van der Waals surface area contributed by atoms with Gasteiger partial charge in [-0.1, -0.05) is 24.3 Å². The molecule has 0 saturated carbocycles. The first-order valence-corrected chi connectivity index (χ1v) is 10.9. The summed E-state index contributed by atoms with van der Waals surface area (Å²) in [6.45, 7) is 3.62. The molecule has 0 spiro atoms. The first-order chi connectivity index (χ1) is 15.3. The average molecular weight is 419 g/mol. The minimum Gasteiger partial charge on any atom is -0.493 e. The van der Waals surface area contributed by atoms with Gasteiger partial charge in [-0.3, -0.25) is 4.98 Å². The standard InChI is InChI=1S/C26H30N2O3/c1-29-26-18-22(9-10-25(26)31-24-8-5-14-27-19-24)20-28(23-6-3-2-4-7-23)15-11-21-12-16-30-17-13-21/h2-10,14,18-19,21H,11-13,15-17,20H2,1H3. The highest BCUT2D eigenvalue weighted by molar-refractivity contribution is 5.49.